The van der Waals surface area contributed by atoms with Crippen LogP contribution in [-0.4, -0.2) is 42.4 Å². The molecule has 1 fully saturated rings. The Kier molecular flexibility index (Phi) is 5.85. The normalized spacial score (nSPS) is 15.5. The molecule has 1 aliphatic rings. The van der Waals surface area contributed by atoms with Gasteiger partial charge in [0, 0.05) is 25.2 Å². The van der Waals surface area contributed by atoms with E-state index in [0.717, 1.165) is 12.1 Å². The third-order valence-corrected chi connectivity index (χ3v) is 4.46. The Morgan fingerprint density at radius 1 is 1.19 bits per heavy atom. The van der Waals surface area contributed by atoms with Crippen molar-refractivity contribution in [2.75, 3.05) is 25.0 Å². The Hall–Kier alpha value is -2.74. The van der Waals surface area contributed by atoms with Gasteiger partial charge in [-0.15, -0.1) is 0 Å². The highest BCUT2D eigenvalue weighted by Gasteiger charge is 2.23. The first-order chi connectivity index (χ1) is 12.9. The summed E-state index contributed by atoms with van der Waals surface area (Å²) in [5.74, 6) is -1.15. The average Bonchev–Trinajstić information content (AvgIpc) is 3.06. The minimum Gasteiger partial charge on any atom is -0.456 e. The molecule has 2 amide bonds. The Balaban J connectivity index is 1.43. The number of aryl methyl sites for hydroxylation is 1. The molecule has 3 rings (SSSR count). The molecule has 0 spiro atoms. The number of rotatable bonds is 5. The number of nitrogens with one attached hydrogen (secondary N) is 2. The van der Waals surface area contributed by atoms with E-state index in [0.29, 0.717) is 31.7 Å². The predicted octanol–water partition coefficient (Wildman–Crippen LogP) is 2.70. The predicted molar refractivity (Wildman–Crippen MR) is 95.4 cm³/mol. The Labute approximate surface area is 155 Å². The quantitative estimate of drug-likeness (QED) is 0.840. The van der Waals surface area contributed by atoms with Crippen LogP contribution in [0.4, 0.5) is 14.5 Å². The van der Waals surface area contributed by atoms with E-state index in [1.807, 2.05) is 4.90 Å². The van der Waals surface area contributed by atoms with Crippen LogP contribution in [0.5, 0.6) is 0 Å². The van der Waals surface area contributed by atoms with Gasteiger partial charge in [-0.1, -0.05) is 0 Å². The monoisotopic (exact) mass is 377 g/mol. The van der Waals surface area contributed by atoms with Gasteiger partial charge in [0.1, 0.15) is 17.4 Å². The maximum absolute atomic E-state index is 13.6. The molecular weight excluding hydrogens is 356 g/mol. The number of halogens is 2. The smallest absolute Gasteiger partial charge is 0.287 e. The molecule has 0 unspecified atom stereocenters. The van der Waals surface area contributed by atoms with Gasteiger partial charge in [-0.2, -0.15) is 0 Å². The van der Waals surface area contributed by atoms with Crippen molar-refractivity contribution in [3.05, 3.63) is 53.5 Å². The van der Waals surface area contributed by atoms with Crippen LogP contribution < -0.4 is 10.6 Å². The standard InChI is InChI=1S/C19H21F2N3O3/c1-12-2-5-17(27-12)19(26)22-14-6-8-24(9-7-14)11-18(25)23-16-4-3-13(20)10-15(16)21/h2-5,10,14H,6-9,11H2,1H3,(H,22,26)(H,23,25). The number of nitrogens with zero attached hydrogens (tertiary/aromatic N) is 1. The number of carbonyl (C=O) groups excluding carboxylic acids is 2. The summed E-state index contributed by atoms with van der Waals surface area (Å²) in [6.07, 6.45) is 1.40. The van der Waals surface area contributed by atoms with E-state index in [4.69, 9.17) is 4.42 Å². The van der Waals surface area contributed by atoms with Gasteiger partial charge in [-0.25, -0.2) is 8.78 Å². The largest absolute Gasteiger partial charge is 0.456 e. The molecule has 1 aliphatic heterocycles. The first kappa shape index (κ1) is 19.0. The number of likely N-dealkylation sites (tertiary alicyclic amines) is 1. The molecule has 8 heteroatoms. The van der Waals surface area contributed by atoms with E-state index in [-0.39, 0.29) is 35.8 Å². The number of furan rings is 1. The summed E-state index contributed by atoms with van der Waals surface area (Å²) in [4.78, 5) is 26.1. The summed E-state index contributed by atoms with van der Waals surface area (Å²) in [7, 11) is 0. The number of carbonyl (C=O) groups is 2. The highest BCUT2D eigenvalue weighted by atomic mass is 19.1. The van der Waals surface area contributed by atoms with Gasteiger partial charge < -0.3 is 15.1 Å². The molecule has 6 nitrogen and oxygen atoms in total. The number of piperidine rings is 1. The Morgan fingerprint density at radius 2 is 1.93 bits per heavy atom. The fraction of sp³-hybridized carbons (Fsp3) is 0.368. The molecule has 0 saturated carbocycles. The Bertz CT molecular complexity index is 829. The maximum Gasteiger partial charge on any atom is 0.287 e. The van der Waals surface area contributed by atoms with Crippen LogP contribution in [0.15, 0.2) is 34.7 Å². The van der Waals surface area contributed by atoms with Crippen molar-refractivity contribution >= 4 is 17.5 Å². The van der Waals surface area contributed by atoms with Crippen molar-refractivity contribution in [2.24, 2.45) is 0 Å². The van der Waals surface area contributed by atoms with Crippen LogP contribution >= 0.6 is 0 Å². The molecule has 2 aromatic rings. The summed E-state index contributed by atoms with van der Waals surface area (Å²) in [6, 6.07) is 6.40. The van der Waals surface area contributed by atoms with E-state index < -0.39 is 11.6 Å². The number of amides is 2. The lowest BCUT2D eigenvalue weighted by atomic mass is 10.0. The molecule has 0 radical (unpaired) electrons. The topological polar surface area (TPSA) is 74.6 Å². The van der Waals surface area contributed by atoms with Crippen molar-refractivity contribution in [1.82, 2.24) is 10.2 Å². The van der Waals surface area contributed by atoms with Crippen molar-refractivity contribution in [3.8, 4) is 0 Å². The zero-order chi connectivity index (χ0) is 19.4. The third-order valence-electron chi connectivity index (χ3n) is 4.46. The minimum atomic E-state index is -0.807. The molecule has 2 N–H and O–H groups in total. The number of hydrogen-bond donors (Lipinski definition) is 2. The van der Waals surface area contributed by atoms with E-state index in [1.165, 1.54) is 6.07 Å². The molecule has 1 aromatic heterocycles. The zero-order valence-electron chi connectivity index (χ0n) is 14.9. The van der Waals surface area contributed by atoms with Gasteiger partial charge in [0.25, 0.3) is 5.91 Å². The van der Waals surface area contributed by atoms with Crippen molar-refractivity contribution in [3.63, 3.8) is 0 Å². The molecule has 0 atom stereocenters. The van der Waals surface area contributed by atoms with Crippen molar-refractivity contribution < 1.29 is 22.8 Å². The lowest BCUT2D eigenvalue weighted by molar-refractivity contribution is -0.117. The summed E-state index contributed by atoms with van der Waals surface area (Å²) >= 11 is 0. The van der Waals surface area contributed by atoms with Gasteiger partial charge >= 0.3 is 0 Å². The highest BCUT2D eigenvalue weighted by molar-refractivity contribution is 5.92. The van der Waals surface area contributed by atoms with Crippen molar-refractivity contribution in [2.45, 2.75) is 25.8 Å². The molecule has 0 bridgehead atoms. The van der Waals surface area contributed by atoms with Crippen LogP contribution in [0.2, 0.25) is 0 Å². The fourth-order valence-electron chi connectivity index (χ4n) is 3.03. The molecule has 1 aromatic carbocycles. The molecular formula is C19H21F2N3O3. The molecule has 27 heavy (non-hydrogen) atoms. The van der Waals surface area contributed by atoms with E-state index >= 15 is 0 Å². The van der Waals surface area contributed by atoms with Gasteiger partial charge in [0.2, 0.25) is 5.91 Å². The van der Waals surface area contributed by atoms with Gasteiger partial charge in [-0.3, -0.25) is 14.5 Å². The summed E-state index contributed by atoms with van der Waals surface area (Å²) in [5, 5.41) is 5.38. The van der Waals surface area contributed by atoms with Crippen LogP contribution in [0.3, 0.4) is 0 Å². The lowest BCUT2D eigenvalue weighted by Gasteiger charge is -2.31. The maximum atomic E-state index is 13.6. The fourth-order valence-corrected chi connectivity index (χ4v) is 3.03. The van der Waals surface area contributed by atoms with E-state index in [9.17, 15) is 18.4 Å². The zero-order valence-corrected chi connectivity index (χ0v) is 14.9. The van der Waals surface area contributed by atoms with E-state index in [2.05, 4.69) is 10.6 Å². The number of benzene rings is 1. The summed E-state index contributed by atoms with van der Waals surface area (Å²) in [5.41, 5.74) is -0.0442. The van der Waals surface area contributed by atoms with Crippen LogP contribution in [0.25, 0.3) is 0 Å². The second-order valence-corrected chi connectivity index (χ2v) is 6.61. The van der Waals surface area contributed by atoms with E-state index in [1.54, 1.807) is 19.1 Å². The van der Waals surface area contributed by atoms with Crippen LogP contribution in [0.1, 0.15) is 29.2 Å². The average molecular weight is 377 g/mol. The first-order valence-corrected chi connectivity index (χ1v) is 8.75. The minimum absolute atomic E-state index is 0.0109. The Morgan fingerprint density at radius 3 is 2.56 bits per heavy atom. The lowest BCUT2D eigenvalue weighted by Crippen LogP contribution is -2.46. The van der Waals surface area contributed by atoms with Gasteiger partial charge in [0.15, 0.2) is 5.76 Å². The highest BCUT2D eigenvalue weighted by Crippen LogP contribution is 2.16. The van der Waals surface area contributed by atoms with Gasteiger partial charge in [-0.05, 0) is 44.0 Å². The number of hydrogen-bond acceptors (Lipinski definition) is 4. The van der Waals surface area contributed by atoms with Crippen LogP contribution in [0, 0.1) is 18.6 Å². The third kappa shape index (κ3) is 5.13. The molecule has 1 saturated heterocycles. The summed E-state index contributed by atoms with van der Waals surface area (Å²) < 4.78 is 31.8. The van der Waals surface area contributed by atoms with Crippen molar-refractivity contribution in [1.29, 1.82) is 0 Å². The molecule has 0 aliphatic carbocycles. The second-order valence-electron chi connectivity index (χ2n) is 6.61. The van der Waals surface area contributed by atoms with Gasteiger partial charge in [0.05, 0.1) is 12.2 Å². The molecule has 144 valence electrons. The SMILES string of the molecule is Cc1ccc(C(=O)NC2CCN(CC(=O)Nc3ccc(F)cc3F)CC2)o1. The summed E-state index contributed by atoms with van der Waals surface area (Å²) in [6.45, 7) is 3.13. The van der Waals surface area contributed by atoms with Crippen LogP contribution in [-0.2, 0) is 4.79 Å². The molecule has 2 heterocycles. The second kappa shape index (κ2) is 8.30. The number of anilines is 1. The first-order valence-electron chi connectivity index (χ1n) is 8.75.